The molecule has 0 aromatic carbocycles. The lowest BCUT2D eigenvalue weighted by Gasteiger charge is -2.38. The smallest absolute Gasteiger partial charge is 0.237 e. The van der Waals surface area contributed by atoms with Crippen LogP contribution in [0.4, 0.5) is 5.82 Å². The molecule has 140 valence electrons. The van der Waals surface area contributed by atoms with Crippen molar-refractivity contribution in [1.82, 2.24) is 9.29 Å². The molecule has 2 heterocycles. The molecule has 0 aliphatic carbocycles. The standard InChI is InChI=1S/C18H30N4O2S/c1-4-6-9-18(3,17(19)23)25(24)22-12-10-21(11-13-22)16-8-7-15(5-2)14-20-16/h7-8,14H,4-6,9-13H2,1-3H3,(H2,19,23). The van der Waals surface area contributed by atoms with Gasteiger partial charge in [0.25, 0.3) is 0 Å². The van der Waals surface area contributed by atoms with E-state index in [4.69, 9.17) is 5.73 Å². The highest BCUT2D eigenvalue weighted by molar-refractivity contribution is 7.85. The fraction of sp³-hybridized carbons (Fsp3) is 0.667. The van der Waals surface area contributed by atoms with E-state index in [1.807, 2.05) is 16.6 Å². The van der Waals surface area contributed by atoms with E-state index < -0.39 is 21.6 Å². The number of aryl methyl sites for hydroxylation is 1. The van der Waals surface area contributed by atoms with Crippen molar-refractivity contribution >= 4 is 22.7 Å². The number of piperazine rings is 1. The van der Waals surface area contributed by atoms with Gasteiger partial charge in [0.15, 0.2) is 0 Å². The molecular formula is C18H30N4O2S. The number of carbonyl (C=O) groups is 1. The Labute approximate surface area is 153 Å². The van der Waals surface area contributed by atoms with Crippen molar-refractivity contribution in [3.8, 4) is 0 Å². The Bertz CT molecular complexity index is 600. The molecule has 1 fully saturated rings. The van der Waals surface area contributed by atoms with Crippen LogP contribution in [-0.4, -0.2) is 50.3 Å². The number of hydrogen-bond donors (Lipinski definition) is 1. The molecule has 1 aromatic heterocycles. The molecule has 2 unspecified atom stereocenters. The van der Waals surface area contributed by atoms with Crippen LogP contribution < -0.4 is 10.6 Å². The van der Waals surface area contributed by atoms with E-state index in [9.17, 15) is 9.00 Å². The zero-order chi connectivity index (χ0) is 18.4. The van der Waals surface area contributed by atoms with E-state index in [1.165, 1.54) is 5.56 Å². The number of pyridine rings is 1. The van der Waals surface area contributed by atoms with Gasteiger partial charge in [-0.05, 0) is 31.4 Å². The second kappa shape index (κ2) is 8.76. The Kier molecular flexibility index (Phi) is 6.95. The monoisotopic (exact) mass is 366 g/mol. The number of nitrogens with zero attached hydrogens (tertiary/aromatic N) is 3. The lowest BCUT2D eigenvalue weighted by atomic mass is 10.0. The van der Waals surface area contributed by atoms with Crippen LogP contribution in [0.5, 0.6) is 0 Å². The Hall–Kier alpha value is -1.47. The van der Waals surface area contributed by atoms with Gasteiger partial charge < -0.3 is 10.6 Å². The highest BCUT2D eigenvalue weighted by atomic mass is 32.2. The molecule has 1 amide bonds. The first kappa shape index (κ1) is 19.8. The molecule has 1 saturated heterocycles. The van der Waals surface area contributed by atoms with Crippen molar-refractivity contribution < 1.29 is 9.00 Å². The molecule has 2 N–H and O–H groups in total. The van der Waals surface area contributed by atoms with Gasteiger partial charge in [-0.3, -0.25) is 4.79 Å². The second-order valence-corrected chi connectivity index (χ2v) is 8.66. The van der Waals surface area contributed by atoms with E-state index in [0.29, 0.717) is 19.5 Å². The van der Waals surface area contributed by atoms with E-state index >= 15 is 0 Å². The van der Waals surface area contributed by atoms with Crippen molar-refractivity contribution in [2.24, 2.45) is 5.73 Å². The summed E-state index contributed by atoms with van der Waals surface area (Å²) in [6, 6.07) is 4.14. The van der Waals surface area contributed by atoms with Crippen LogP contribution in [-0.2, 0) is 22.2 Å². The summed E-state index contributed by atoms with van der Waals surface area (Å²) >= 11 is 0. The first-order chi connectivity index (χ1) is 11.9. The van der Waals surface area contributed by atoms with Crippen molar-refractivity contribution in [3.63, 3.8) is 0 Å². The quantitative estimate of drug-likeness (QED) is 0.762. The van der Waals surface area contributed by atoms with Gasteiger partial charge in [0.2, 0.25) is 5.91 Å². The highest BCUT2D eigenvalue weighted by Gasteiger charge is 2.41. The predicted octanol–water partition coefficient (Wildman–Crippen LogP) is 1.86. The summed E-state index contributed by atoms with van der Waals surface area (Å²) in [6.45, 7) is 8.66. The zero-order valence-corrected chi connectivity index (χ0v) is 16.3. The summed E-state index contributed by atoms with van der Waals surface area (Å²) in [7, 11) is -1.41. The minimum absolute atomic E-state index is 0.474. The molecule has 1 aliphatic heterocycles. The van der Waals surface area contributed by atoms with Crippen LogP contribution in [0.15, 0.2) is 18.3 Å². The van der Waals surface area contributed by atoms with E-state index in [1.54, 1.807) is 6.92 Å². The van der Waals surface area contributed by atoms with E-state index in [2.05, 4.69) is 29.8 Å². The summed E-state index contributed by atoms with van der Waals surface area (Å²) < 4.78 is 13.9. The van der Waals surface area contributed by atoms with Crippen LogP contribution in [0.1, 0.15) is 45.6 Å². The predicted molar refractivity (Wildman–Crippen MR) is 103 cm³/mol. The third-order valence-corrected chi connectivity index (χ3v) is 6.94. The van der Waals surface area contributed by atoms with Gasteiger partial charge in [-0.2, -0.15) is 0 Å². The molecular weight excluding hydrogens is 336 g/mol. The first-order valence-electron chi connectivity index (χ1n) is 9.09. The van der Waals surface area contributed by atoms with Crippen molar-refractivity contribution in [2.75, 3.05) is 31.1 Å². The summed E-state index contributed by atoms with van der Waals surface area (Å²) in [5.41, 5.74) is 6.81. The van der Waals surface area contributed by atoms with Gasteiger partial charge in [0, 0.05) is 32.4 Å². The van der Waals surface area contributed by atoms with Crippen LogP contribution in [0.25, 0.3) is 0 Å². The van der Waals surface area contributed by atoms with Crippen LogP contribution in [0, 0.1) is 0 Å². The largest absolute Gasteiger partial charge is 0.368 e. The number of hydrogen-bond acceptors (Lipinski definition) is 4. The summed E-state index contributed by atoms with van der Waals surface area (Å²) in [5.74, 6) is 0.477. The Morgan fingerprint density at radius 1 is 1.28 bits per heavy atom. The maximum atomic E-state index is 13.0. The summed E-state index contributed by atoms with van der Waals surface area (Å²) in [6.07, 6.45) is 5.25. The molecule has 2 atom stereocenters. The number of nitrogens with two attached hydrogens (primary N) is 1. The first-order valence-corrected chi connectivity index (χ1v) is 10.2. The lowest BCUT2D eigenvalue weighted by Crippen LogP contribution is -2.55. The van der Waals surface area contributed by atoms with Crippen molar-refractivity contribution in [1.29, 1.82) is 0 Å². The van der Waals surface area contributed by atoms with Crippen LogP contribution >= 0.6 is 0 Å². The summed E-state index contributed by atoms with van der Waals surface area (Å²) in [5, 5.41) is 0. The molecule has 0 radical (unpaired) electrons. The van der Waals surface area contributed by atoms with Gasteiger partial charge in [-0.15, -0.1) is 0 Å². The number of primary amides is 1. The molecule has 7 heteroatoms. The Morgan fingerprint density at radius 3 is 2.44 bits per heavy atom. The van der Waals surface area contributed by atoms with E-state index in [0.717, 1.165) is 38.2 Å². The molecule has 1 aromatic rings. The SMILES string of the molecule is CCCCC(C)(C(N)=O)S(=O)N1CCN(c2ccc(CC)cn2)CC1. The Balaban J connectivity index is 1.99. The number of unbranched alkanes of at least 4 members (excludes halogenated alkanes) is 1. The Morgan fingerprint density at radius 2 is 1.96 bits per heavy atom. The highest BCUT2D eigenvalue weighted by Crippen LogP contribution is 2.25. The number of rotatable bonds is 8. The van der Waals surface area contributed by atoms with Crippen LogP contribution in [0.3, 0.4) is 0 Å². The average molecular weight is 367 g/mol. The molecule has 25 heavy (non-hydrogen) atoms. The molecule has 0 spiro atoms. The van der Waals surface area contributed by atoms with Gasteiger partial charge in [-0.1, -0.05) is 32.8 Å². The van der Waals surface area contributed by atoms with Gasteiger partial charge >= 0.3 is 0 Å². The molecule has 0 bridgehead atoms. The van der Waals surface area contributed by atoms with E-state index in [-0.39, 0.29) is 0 Å². The maximum Gasteiger partial charge on any atom is 0.237 e. The fourth-order valence-electron chi connectivity index (χ4n) is 2.99. The van der Waals surface area contributed by atoms with Crippen molar-refractivity contribution in [3.05, 3.63) is 23.9 Å². The van der Waals surface area contributed by atoms with Crippen molar-refractivity contribution in [2.45, 2.75) is 51.2 Å². The number of aromatic nitrogens is 1. The van der Waals surface area contributed by atoms with Crippen LogP contribution in [0.2, 0.25) is 0 Å². The molecule has 1 aliphatic rings. The maximum absolute atomic E-state index is 13.0. The topological polar surface area (TPSA) is 79.5 Å². The van der Waals surface area contributed by atoms with Gasteiger partial charge in [-0.25, -0.2) is 13.5 Å². The second-order valence-electron chi connectivity index (χ2n) is 6.74. The fourth-order valence-corrected chi connectivity index (χ4v) is 4.55. The zero-order valence-electron chi connectivity index (χ0n) is 15.5. The summed E-state index contributed by atoms with van der Waals surface area (Å²) in [4.78, 5) is 18.7. The molecule has 0 saturated carbocycles. The number of carbonyl (C=O) groups excluding carboxylic acids is 1. The average Bonchev–Trinajstić information content (AvgIpc) is 2.65. The van der Waals surface area contributed by atoms with Gasteiger partial charge in [0.1, 0.15) is 21.6 Å². The third-order valence-electron chi connectivity index (χ3n) is 4.93. The molecule has 2 rings (SSSR count). The lowest BCUT2D eigenvalue weighted by molar-refractivity contribution is -0.120. The minimum atomic E-state index is -1.41. The third kappa shape index (κ3) is 4.58. The number of anilines is 1. The minimum Gasteiger partial charge on any atom is -0.368 e. The number of amides is 1. The normalized spacial score (nSPS) is 19.4. The molecule has 6 nitrogen and oxygen atoms in total. The van der Waals surface area contributed by atoms with Gasteiger partial charge in [0.05, 0.1) is 0 Å².